The van der Waals surface area contributed by atoms with E-state index in [-0.39, 0.29) is 0 Å². The maximum absolute atomic E-state index is 11.5. The average Bonchev–Trinajstić information content (AvgIpc) is 2.74. The molecular formula is C15H24N6O2. The molecule has 2 heterocycles. The number of nitrogens with two attached hydrogens (primary N) is 1. The maximum Gasteiger partial charge on any atom is 0.407 e. The van der Waals surface area contributed by atoms with Crippen LogP contribution in [0.25, 0.3) is 11.0 Å². The van der Waals surface area contributed by atoms with E-state index in [2.05, 4.69) is 20.4 Å². The largest absolute Gasteiger partial charge is 0.444 e. The van der Waals surface area contributed by atoms with Gasteiger partial charge in [-0.25, -0.2) is 19.4 Å². The monoisotopic (exact) mass is 320 g/mol. The zero-order valence-electron chi connectivity index (χ0n) is 14.1. The number of aryl methyl sites for hydroxylation is 2. The van der Waals surface area contributed by atoms with Crippen LogP contribution < -0.4 is 11.1 Å². The van der Waals surface area contributed by atoms with Crippen LogP contribution in [0, 0.1) is 6.92 Å². The lowest BCUT2D eigenvalue weighted by atomic mass is 10.2. The summed E-state index contributed by atoms with van der Waals surface area (Å²) in [5.74, 6) is 0.449. The summed E-state index contributed by atoms with van der Waals surface area (Å²) in [5.41, 5.74) is 6.96. The Morgan fingerprint density at radius 2 is 2.09 bits per heavy atom. The summed E-state index contributed by atoms with van der Waals surface area (Å²) in [4.78, 5) is 19.8. The molecule has 0 aliphatic heterocycles. The predicted octanol–water partition coefficient (Wildman–Crippen LogP) is 2.02. The quantitative estimate of drug-likeness (QED) is 0.816. The van der Waals surface area contributed by atoms with Crippen molar-refractivity contribution >= 4 is 22.9 Å². The molecule has 2 aromatic heterocycles. The van der Waals surface area contributed by atoms with Gasteiger partial charge in [-0.1, -0.05) is 0 Å². The second-order valence-corrected chi connectivity index (χ2v) is 6.40. The lowest BCUT2D eigenvalue weighted by molar-refractivity contribution is 0.0527. The number of anilines is 1. The lowest BCUT2D eigenvalue weighted by Crippen LogP contribution is -2.33. The SMILES string of the molecule is Cc1nn(CCCCNC(=O)OC(C)(C)C)c2ncnc(N)c12. The molecule has 0 aromatic carbocycles. The Balaban J connectivity index is 1.82. The first kappa shape index (κ1) is 17.0. The van der Waals surface area contributed by atoms with E-state index >= 15 is 0 Å². The summed E-state index contributed by atoms with van der Waals surface area (Å²) in [6, 6.07) is 0. The number of alkyl carbamates (subject to hydrolysis) is 1. The number of nitrogens with zero attached hydrogens (tertiary/aromatic N) is 4. The third-order valence-corrected chi connectivity index (χ3v) is 3.20. The zero-order valence-corrected chi connectivity index (χ0v) is 14.1. The van der Waals surface area contributed by atoms with Gasteiger partial charge >= 0.3 is 6.09 Å². The highest BCUT2D eigenvalue weighted by atomic mass is 16.6. The van der Waals surface area contributed by atoms with Crippen LogP contribution in [0.4, 0.5) is 10.6 Å². The van der Waals surface area contributed by atoms with Crippen LogP contribution in [-0.2, 0) is 11.3 Å². The number of unbranched alkanes of at least 4 members (excludes halogenated alkanes) is 1. The number of nitrogen functional groups attached to an aromatic ring is 1. The summed E-state index contributed by atoms with van der Waals surface area (Å²) in [7, 11) is 0. The van der Waals surface area contributed by atoms with E-state index in [1.165, 1.54) is 6.33 Å². The highest BCUT2D eigenvalue weighted by Crippen LogP contribution is 2.20. The first-order chi connectivity index (χ1) is 10.8. The van der Waals surface area contributed by atoms with Gasteiger partial charge in [0.1, 0.15) is 17.7 Å². The lowest BCUT2D eigenvalue weighted by Gasteiger charge is -2.19. The third kappa shape index (κ3) is 4.54. The van der Waals surface area contributed by atoms with E-state index < -0.39 is 11.7 Å². The van der Waals surface area contributed by atoms with Crippen molar-refractivity contribution in [3.05, 3.63) is 12.0 Å². The molecule has 1 amide bonds. The Hall–Kier alpha value is -2.38. The standard InChI is InChI=1S/C15H24N6O2/c1-10-11-12(16)18-9-19-13(11)21(20-10)8-6-5-7-17-14(22)23-15(2,3)4/h9H,5-8H2,1-4H3,(H,17,22)(H2,16,18,19). The van der Waals surface area contributed by atoms with E-state index in [0.717, 1.165) is 29.6 Å². The van der Waals surface area contributed by atoms with Crippen molar-refractivity contribution in [2.24, 2.45) is 0 Å². The molecule has 0 unspecified atom stereocenters. The normalized spacial score (nSPS) is 11.7. The Morgan fingerprint density at radius 1 is 1.35 bits per heavy atom. The fourth-order valence-electron chi connectivity index (χ4n) is 2.26. The van der Waals surface area contributed by atoms with Gasteiger partial charge in [0.25, 0.3) is 0 Å². The van der Waals surface area contributed by atoms with Crippen molar-refractivity contribution in [1.82, 2.24) is 25.1 Å². The predicted molar refractivity (Wildman–Crippen MR) is 87.9 cm³/mol. The van der Waals surface area contributed by atoms with Crippen LogP contribution in [0.1, 0.15) is 39.3 Å². The smallest absolute Gasteiger partial charge is 0.407 e. The molecule has 0 saturated heterocycles. The van der Waals surface area contributed by atoms with E-state index in [0.29, 0.717) is 18.9 Å². The zero-order chi connectivity index (χ0) is 17.0. The summed E-state index contributed by atoms with van der Waals surface area (Å²) >= 11 is 0. The molecule has 8 nitrogen and oxygen atoms in total. The number of hydrogen-bond donors (Lipinski definition) is 2. The van der Waals surface area contributed by atoms with Crippen LogP contribution in [-0.4, -0.2) is 38.0 Å². The number of rotatable bonds is 5. The number of carbonyl (C=O) groups excluding carboxylic acids is 1. The van der Waals surface area contributed by atoms with Crippen LogP contribution in [0.5, 0.6) is 0 Å². The third-order valence-electron chi connectivity index (χ3n) is 3.20. The molecule has 2 rings (SSSR count). The summed E-state index contributed by atoms with van der Waals surface area (Å²) < 4.78 is 7.01. The molecule has 126 valence electrons. The molecule has 3 N–H and O–H groups in total. The van der Waals surface area contributed by atoms with Gasteiger partial charge in [0.15, 0.2) is 5.65 Å². The highest BCUT2D eigenvalue weighted by molar-refractivity contribution is 5.87. The van der Waals surface area contributed by atoms with Crippen molar-refractivity contribution in [1.29, 1.82) is 0 Å². The molecule has 0 fully saturated rings. The Labute approximate surface area is 135 Å². The second kappa shape index (κ2) is 6.80. The number of ether oxygens (including phenoxy) is 1. The fraction of sp³-hybridized carbons (Fsp3) is 0.600. The van der Waals surface area contributed by atoms with Crippen LogP contribution in [0.3, 0.4) is 0 Å². The Morgan fingerprint density at radius 3 is 2.78 bits per heavy atom. The van der Waals surface area contributed by atoms with Crippen molar-refractivity contribution in [3.8, 4) is 0 Å². The number of carbonyl (C=O) groups is 1. The molecule has 0 bridgehead atoms. The van der Waals surface area contributed by atoms with Gasteiger partial charge < -0.3 is 15.8 Å². The van der Waals surface area contributed by atoms with Gasteiger partial charge in [-0.3, -0.25) is 0 Å². The summed E-state index contributed by atoms with van der Waals surface area (Å²) in [5, 5.41) is 8.00. The first-order valence-corrected chi connectivity index (χ1v) is 7.68. The van der Waals surface area contributed by atoms with E-state index in [9.17, 15) is 4.79 Å². The van der Waals surface area contributed by atoms with Gasteiger partial charge in [-0.2, -0.15) is 5.10 Å². The fourth-order valence-corrected chi connectivity index (χ4v) is 2.26. The molecule has 0 aliphatic rings. The highest BCUT2D eigenvalue weighted by Gasteiger charge is 2.15. The number of aromatic nitrogens is 4. The number of amides is 1. The average molecular weight is 320 g/mol. The maximum atomic E-state index is 11.5. The van der Waals surface area contributed by atoms with Crippen molar-refractivity contribution in [2.45, 2.75) is 52.7 Å². The summed E-state index contributed by atoms with van der Waals surface area (Å²) in [6.07, 6.45) is 2.73. The van der Waals surface area contributed by atoms with Crippen molar-refractivity contribution in [2.75, 3.05) is 12.3 Å². The van der Waals surface area contributed by atoms with Crippen molar-refractivity contribution < 1.29 is 9.53 Å². The minimum absolute atomic E-state index is 0.390. The molecule has 8 heteroatoms. The molecule has 0 atom stereocenters. The number of nitrogens with one attached hydrogen (secondary N) is 1. The van der Waals surface area contributed by atoms with E-state index in [1.807, 2.05) is 32.4 Å². The molecule has 0 radical (unpaired) electrons. The Kier molecular flexibility index (Phi) is 5.02. The second-order valence-electron chi connectivity index (χ2n) is 6.40. The minimum atomic E-state index is -0.477. The topological polar surface area (TPSA) is 108 Å². The molecule has 0 saturated carbocycles. The molecule has 0 spiro atoms. The van der Waals surface area contributed by atoms with Crippen LogP contribution >= 0.6 is 0 Å². The van der Waals surface area contributed by atoms with Gasteiger partial charge in [0, 0.05) is 13.1 Å². The van der Waals surface area contributed by atoms with Crippen molar-refractivity contribution in [3.63, 3.8) is 0 Å². The van der Waals surface area contributed by atoms with E-state index in [4.69, 9.17) is 10.5 Å². The van der Waals surface area contributed by atoms with Gasteiger partial charge in [-0.15, -0.1) is 0 Å². The molecule has 2 aromatic rings. The number of hydrogen-bond acceptors (Lipinski definition) is 6. The van der Waals surface area contributed by atoms with Gasteiger partial charge in [0.2, 0.25) is 0 Å². The van der Waals surface area contributed by atoms with Gasteiger partial charge in [0.05, 0.1) is 11.1 Å². The molecule has 0 aliphatic carbocycles. The van der Waals surface area contributed by atoms with Gasteiger partial charge in [-0.05, 0) is 40.5 Å². The molecule has 23 heavy (non-hydrogen) atoms. The van der Waals surface area contributed by atoms with Crippen LogP contribution in [0.2, 0.25) is 0 Å². The Bertz CT molecular complexity index is 689. The first-order valence-electron chi connectivity index (χ1n) is 7.68. The van der Waals surface area contributed by atoms with E-state index in [1.54, 1.807) is 0 Å². The summed E-state index contributed by atoms with van der Waals surface area (Å²) in [6.45, 7) is 8.67. The number of fused-ring (bicyclic) bond motifs is 1. The molecular weight excluding hydrogens is 296 g/mol. The van der Waals surface area contributed by atoms with Crippen LogP contribution in [0.15, 0.2) is 6.33 Å². The minimum Gasteiger partial charge on any atom is -0.444 e.